The summed E-state index contributed by atoms with van der Waals surface area (Å²) >= 11 is 5.33. The van der Waals surface area contributed by atoms with Crippen molar-refractivity contribution in [3.8, 4) is 5.75 Å². The Labute approximate surface area is 139 Å². The minimum atomic E-state index is 0.176. The molecular weight excluding hydrogens is 346 g/mol. The lowest BCUT2D eigenvalue weighted by Crippen LogP contribution is -2.23. The van der Waals surface area contributed by atoms with Gasteiger partial charge in [-0.3, -0.25) is 0 Å². The highest BCUT2D eigenvalue weighted by Crippen LogP contribution is 2.37. The third kappa shape index (κ3) is 3.68. The molecule has 0 bridgehead atoms. The Kier molecular flexibility index (Phi) is 5.85. The van der Waals surface area contributed by atoms with Crippen LogP contribution in [0.25, 0.3) is 0 Å². The molecule has 4 heteroatoms. The maximum absolute atomic E-state index is 5.70. The number of hydrogen-bond acceptors (Lipinski definition) is 3. The fourth-order valence-corrected chi connectivity index (χ4v) is 3.96. The lowest BCUT2D eigenvalue weighted by atomic mass is 9.98. The smallest absolute Gasteiger partial charge is 0.127 e. The minimum absolute atomic E-state index is 0.176. The van der Waals surface area contributed by atoms with Crippen LogP contribution in [-0.2, 0) is 0 Å². The van der Waals surface area contributed by atoms with E-state index in [1.807, 2.05) is 0 Å². The topological polar surface area (TPSA) is 21.3 Å². The minimum Gasteiger partial charge on any atom is -0.496 e. The number of hydrogen-bond donors (Lipinski definition) is 1. The van der Waals surface area contributed by atoms with Gasteiger partial charge in [0.25, 0.3) is 0 Å². The molecule has 1 aromatic carbocycles. The van der Waals surface area contributed by atoms with E-state index in [0.29, 0.717) is 0 Å². The largest absolute Gasteiger partial charge is 0.496 e. The lowest BCUT2D eigenvalue weighted by Gasteiger charge is -2.22. The first kappa shape index (κ1) is 16.5. The molecule has 0 aliphatic rings. The second kappa shape index (κ2) is 7.43. The van der Waals surface area contributed by atoms with E-state index < -0.39 is 0 Å². The zero-order valence-electron chi connectivity index (χ0n) is 13.0. The van der Waals surface area contributed by atoms with E-state index in [-0.39, 0.29) is 6.04 Å². The summed E-state index contributed by atoms with van der Waals surface area (Å²) in [6, 6.07) is 8.82. The molecule has 2 aromatic rings. The van der Waals surface area contributed by atoms with Gasteiger partial charge in [-0.25, -0.2) is 0 Å². The molecule has 2 rings (SSSR count). The van der Waals surface area contributed by atoms with Crippen LogP contribution in [0.5, 0.6) is 5.75 Å². The Bertz CT molecular complexity index is 609. The van der Waals surface area contributed by atoms with E-state index >= 15 is 0 Å². The predicted octanol–water partition coefficient (Wildman–Crippen LogP) is 5.23. The van der Waals surface area contributed by atoms with Crippen molar-refractivity contribution in [2.75, 3.05) is 13.7 Å². The Morgan fingerprint density at radius 1 is 1.24 bits per heavy atom. The van der Waals surface area contributed by atoms with Crippen LogP contribution in [0, 0.1) is 13.8 Å². The highest BCUT2D eigenvalue weighted by atomic mass is 79.9. The molecule has 0 amide bonds. The van der Waals surface area contributed by atoms with Crippen LogP contribution < -0.4 is 10.1 Å². The van der Waals surface area contributed by atoms with Crippen LogP contribution in [0.1, 0.15) is 41.0 Å². The summed E-state index contributed by atoms with van der Waals surface area (Å²) in [6.07, 6.45) is 1.11. The molecule has 21 heavy (non-hydrogen) atoms. The molecule has 0 aliphatic carbocycles. The molecule has 2 nitrogen and oxygen atoms in total. The summed E-state index contributed by atoms with van der Waals surface area (Å²) in [4.78, 5) is 1.30. The summed E-state index contributed by atoms with van der Waals surface area (Å²) in [6.45, 7) is 7.42. The Morgan fingerprint density at radius 3 is 2.57 bits per heavy atom. The number of halogens is 1. The van der Waals surface area contributed by atoms with Crippen molar-refractivity contribution in [2.24, 2.45) is 0 Å². The van der Waals surface area contributed by atoms with E-state index in [9.17, 15) is 0 Å². The van der Waals surface area contributed by atoms with Crippen molar-refractivity contribution >= 4 is 27.3 Å². The molecule has 0 fully saturated rings. The summed E-state index contributed by atoms with van der Waals surface area (Å²) in [5, 5.41) is 3.65. The quantitative estimate of drug-likeness (QED) is 0.754. The van der Waals surface area contributed by atoms with Gasteiger partial charge in [0.2, 0.25) is 0 Å². The fourth-order valence-electron chi connectivity index (χ4n) is 2.45. The number of aryl methyl sites for hydroxylation is 1. The van der Waals surface area contributed by atoms with Crippen LogP contribution in [0.4, 0.5) is 0 Å². The Hall–Kier alpha value is -0.840. The van der Waals surface area contributed by atoms with Gasteiger partial charge in [-0.1, -0.05) is 19.1 Å². The van der Waals surface area contributed by atoms with Gasteiger partial charge in [0.1, 0.15) is 5.75 Å². The van der Waals surface area contributed by atoms with E-state index in [1.165, 1.54) is 21.6 Å². The van der Waals surface area contributed by atoms with Gasteiger partial charge in [0.05, 0.1) is 16.9 Å². The monoisotopic (exact) mass is 367 g/mol. The highest BCUT2D eigenvalue weighted by molar-refractivity contribution is 9.11. The first-order chi connectivity index (χ1) is 10.1. The second-order valence-electron chi connectivity index (χ2n) is 5.16. The molecule has 114 valence electrons. The van der Waals surface area contributed by atoms with E-state index in [0.717, 1.165) is 22.5 Å². The molecular formula is C17H22BrNOS. The molecule has 1 unspecified atom stereocenters. The SMILES string of the molecule is CCCNC(c1ccc(Br)s1)c1ccc(C)c(C)c1OC. The number of rotatable bonds is 6. The van der Waals surface area contributed by atoms with Crippen LogP contribution in [-0.4, -0.2) is 13.7 Å². The number of benzene rings is 1. The van der Waals surface area contributed by atoms with Crippen LogP contribution in [0.2, 0.25) is 0 Å². The average Bonchev–Trinajstić information content (AvgIpc) is 2.89. The first-order valence-electron chi connectivity index (χ1n) is 7.21. The Balaban J connectivity index is 2.48. The van der Waals surface area contributed by atoms with Crippen molar-refractivity contribution in [2.45, 2.75) is 33.2 Å². The Morgan fingerprint density at radius 2 is 2.00 bits per heavy atom. The van der Waals surface area contributed by atoms with Crippen molar-refractivity contribution in [1.29, 1.82) is 0 Å². The van der Waals surface area contributed by atoms with Crippen molar-refractivity contribution in [3.05, 3.63) is 49.6 Å². The molecule has 0 spiro atoms. The number of ether oxygens (including phenoxy) is 1. The van der Waals surface area contributed by atoms with Crippen molar-refractivity contribution in [1.82, 2.24) is 5.32 Å². The van der Waals surface area contributed by atoms with E-state index in [1.54, 1.807) is 18.4 Å². The van der Waals surface area contributed by atoms with Gasteiger partial charge in [-0.05, 0) is 66.0 Å². The molecule has 1 heterocycles. The third-order valence-electron chi connectivity index (χ3n) is 3.70. The molecule has 0 saturated carbocycles. The highest BCUT2D eigenvalue weighted by Gasteiger charge is 2.21. The molecule has 0 aliphatic heterocycles. The van der Waals surface area contributed by atoms with E-state index in [4.69, 9.17) is 4.74 Å². The summed E-state index contributed by atoms with van der Waals surface area (Å²) in [5.41, 5.74) is 3.69. The average molecular weight is 368 g/mol. The lowest BCUT2D eigenvalue weighted by molar-refractivity contribution is 0.400. The van der Waals surface area contributed by atoms with Crippen molar-refractivity contribution in [3.63, 3.8) is 0 Å². The van der Waals surface area contributed by atoms with Gasteiger partial charge in [0, 0.05) is 10.4 Å². The molecule has 1 aromatic heterocycles. The molecule has 0 saturated heterocycles. The fraction of sp³-hybridized carbons (Fsp3) is 0.412. The normalized spacial score (nSPS) is 12.4. The van der Waals surface area contributed by atoms with Gasteiger partial charge in [-0.15, -0.1) is 11.3 Å². The van der Waals surface area contributed by atoms with Crippen molar-refractivity contribution < 1.29 is 4.74 Å². The predicted molar refractivity (Wildman–Crippen MR) is 94.6 cm³/mol. The van der Waals surface area contributed by atoms with Crippen LogP contribution in [0.15, 0.2) is 28.1 Å². The van der Waals surface area contributed by atoms with Gasteiger partial charge < -0.3 is 10.1 Å². The molecule has 1 N–H and O–H groups in total. The third-order valence-corrected chi connectivity index (χ3v) is 5.39. The summed E-state index contributed by atoms with van der Waals surface area (Å²) in [7, 11) is 1.76. The standard InChI is InChI=1S/C17H22BrNOS/c1-5-10-19-16(14-8-9-15(18)21-14)13-7-6-11(2)12(3)17(13)20-4/h6-9,16,19H,5,10H2,1-4H3. The van der Waals surface area contributed by atoms with Crippen LogP contribution >= 0.6 is 27.3 Å². The van der Waals surface area contributed by atoms with E-state index in [2.05, 4.69) is 66.3 Å². The number of nitrogens with one attached hydrogen (secondary N) is 1. The van der Waals surface area contributed by atoms with Crippen LogP contribution in [0.3, 0.4) is 0 Å². The van der Waals surface area contributed by atoms with Gasteiger partial charge in [0.15, 0.2) is 0 Å². The molecule has 0 radical (unpaired) electrons. The number of thiophene rings is 1. The summed E-state index contributed by atoms with van der Waals surface area (Å²) < 4.78 is 6.86. The zero-order valence-corrected chi connectivity index (χ0v) is 15.4. The zero-order chi connectivity index (χ0) is 15.4. The number of methoxy groups -OCH3 is 1. The first-order valence-corrected chi connectivity index (χ1v) is 8.82. The molecule has 1 atom stereocenters. The van der Waals surface area contributed by atoms with Gasteiger partial charge >= 0.3 is 0 Å². The maximum atomic E-state index is 5.70. The maximum Gasteiger partial charge on any atom is 0.127 e. The van der Waals surface area contributed by atoms with Gasteiger partial charge in [-0.2, -0.15) is 0 Å². The second-order valence-corrected chi connectivity index (χ2v) is 7.65. The summed E-state index contributed by atoms with van der Waals surface area (Å²) in [5.74, 6) is 0.994.